The molecular weight excluding hydrogens is 679 g/mol. The zero-order valence-corrected chi connectivity index (χ0v) is 30.5. The van der Waals surface area contributed by atoms with Crippen molar-refractivity contribution in [3.63, 3.8) is 0 Å². The second-order valence-electron chi connectivity index (χ2n) is 14.0. The molecule has 0 unspecified atom stereocenters. The molecule has 3 heteroatoms. The number of benzene rings is 9. The fourth-order valence-electron chi connectivity index (χ4n) is 7.74. The highest BCUT2D eigenvalue weighted by atomic mass is 15.0. The summed E-state index contributed by atoms with van der Waals surface area (Å²) < 4.78 is 0. The molecule has 0 N–H and O–H groups in total. The van der Waals surface area contributed by atoms with Crippen LogP contribution in [0.3, 0.4) is 0 Å². The highest BCUT2D eigenvalue weighted by molar-refractivity contribution is 5.97. The summed E-state index contributed by atoms with van der Waals surface area (Å²) in [6.45, 7) is 0. The van der Waals surface area contributed by atoms with E-state index in [-0.39, 0.29) is 0 Å². The normalized spacial score (nSPS) is 11.2. The molecule has 0 fully saturated rings. The first-order valence-corrected chi connectivity index (χ1v) is 18.9. The Balaban J connectivity index is 1.14. The predicted octanol–water partition coefficient (Wildman–Crippen LogP) is 13.8. The van der Waals surface area contributed by atoms with Crippen LogP contribution >= 0.6 is 0 Å². The first-order valence-electron chi connectivity index (χ1n) is 18.9. The van der Waals surface area contributed by atoms with Crippen LogP contribution in [0, 0.1) is 0 Å². The highest BCUT2D eigenvalue weighted by Gasteiger charge is 2.19. The average Bonchev–Trinajstić information content (AvgIpc) is 3.29. The van der Waals surface area contributed by atoms with Gasteiger partial charge in [-0.1, -0.05) is 200 Å². The summed E-state index contributed by atoms with van der Waals surface area (Å²) >= 11 is 0. The van der Waals surface area contributed by atoms with Gasteiger partial charge in [-0.25, -0.2) is 15.0 Å². The van der Waals surface area contributed by atoms with Gasteiger partial charge in [0.1, 0.15) is 0 Å². The Morgan fingerprint density at radius 1 is 0.232 bits per heavy atom. The van der Waals surface area contributed by atoms with Gasteiger partial charge in [0.05, 0.1) is 0 Å². The third-order valence-electron chi connectivity index (χ3n) is 10.5. The number of aromatic nitrogens is 3. The van der Waals surface area contributed by atoms with E-state index in [1.807, 2.05) is 6.07 Å². The van der Waals surface area contributed by atoms with Gasteiger partial charge in [0, 0.05) is 22.3 Å². The monoisotopic (exact) mass is 713 g/mol. The van der Waals surface area contributed by atoms with E-state index in [2.05, 4.69) is 206 Å². The van der Waals surface area contributed by atoms with Crippen molar-refractivity contribution in [1.82, 2.24) is 15.0 Å². The number of hydrogen-bond acceptors (Lipinski definition) is 3. The smallest absolute Gasteiger partial charge is 0.164 e. The molecule has 0 saturated carbocycles. The Labute approximate surface area is 326 Å². The van der Waals surface area contributed by atoms with Crippen LogP contribution < -0.4 is 0 Å². The SMILES string of the molecule is c1ccc(-c2ccc3cc(-c4nc(-c5ccc(-c6cccc7ccccc67)cc5)nc(-c5cccc(-c6ccccc6)c5-c5ccccc5)n4)ccc3c2)cc1. The molecule has 1 aromatic heterocycles. The summed E-state index contributed by atoms with van der Waals surface area (Å²) in [5, 5.41) is 4.74. The van der Waals surface area contributed by atoms with Crippen molar-refractivity contribution < 1.29 is 0 Å². The maximum Gasteiger partial charge on any atom is 0.164 e. The molecule has 0 aliphatic heterocycles. The molecule has 262 valence electrons. The summed E-state index contributed by atoms with van der Waals surface area (Å²) in [6.07, 6.45) is 0. The first kappa shape index (κ1) is 33.1. The maximum absolute atomic E-state index is 5.27. The number of rotatable bonds is 7. The van der Waals surface area contributed by atoms with Crippen LogP contribution in [-0.4, -0.2) is 15.0 Å². The molecule has 3 nitrogen and oxygen atoms in total. The fourth-order valence-corrected chi connectivity index (χ4v) is 7.74. The van der Waals surface area contributed by atoms with Gasteiger partial charge in [-0.15, -0.1) is 0 Å². The van der Waals surface area contributed by atoms with Crippen LogP contribution in [0.4, 0.5) is 0 Å². The van der Waals surface area contributed by atoms with Crippen molar-refractivity contribution in [2.45, 2.75) is 0 Å². The van der Waals surface area contributed by atoms with Gasteiger partial charge in [0.2, 0.25) is 0 Å². The fraction of sp³-hybridized carbons (Fsp3) is 0. The lowest BCUT2D eigenvalue weighted by Crippen LogP contribution is -2.02. The van der Waals surface area contributed by atoms with Crippen LogP contribution in [0.1, 0.15) is 0 Å². The van der Waals surface area contributed by atoms with Crippen molar-refractivity contribution >= 4 is 21.5 Å². The van der Waals surface area contributed by atoms with E-state index in [0.717, 1.165) is 55.3 Å². The minimum atomic E-state index is 0.623. The second-order valence-corrected chi connectivity index (χ2v) is 14.0. The molecule has 0 spiro atoms. The molecule has 9 aromatic carbocycles. The van der Waals surface area contributed by atoms with Gasteiger partial charge < -0.3 is 0 Å². The van der Waals surface area contributed by atoms with Crippen LogP contribution in [0.25, 0.3) is 100 Å². The summed E-state index contributed by atoms with van der Waals surface area (Å²) in [7, 11) is 0. The Morgan fingerprint density at radius 2 is 0.696 bits per heavy atom. The number of hydrogen-bond donors (Lipinski definition) is 0. The average molecular weight is 714 g/mol. The standard InChI is InChI=1S/C53H35N3/c1-4-14-36(15-5-1)42-30-31-44-35-45(33-32-43(44)34-42)52-54-51(41-28-26-39(27-29-41)47-23-12-21-37-18-10-11-22-46(37)47)55-53(56-52)49-25-13-24-48(38-16-6-2-7-17-38)50(49)40-19-8-3-9-20-40/h1-35H. The highest BCUT2D eigenvalue weighted by Crippen LogP contribution is 2.40. The van der Waals surface area contributed by atoms with Gasteiger partial charge in [0.25, 0.3) is 0 Å². The van der Waals surface area contributed by atoms with Crippen LogP contribution in [0.5, 0.6) is 0 Å². The van der Waals surface area contributed by atoms with Gasteiger partial charge in [-0.05, 0) is 72.6 Å². The summed E-state index contributed by atoms with van der Waals surface area (Å²) in [5.41, 5.74) is 12.0. The Hall–Kier alpha value is -7.49. The zero-order valence-electron chi connectivity index (χ0n) is 30.5. The van der Waals surface area contributed by atoms with Crippen molar-refractivity contribution in [2.24, 2.45) is 0 Å². The molecule has 10 rings (SSSR count). The molecule has 0 bridgehead atoms. The Kier molecular flexibility index (Phi) is 8.51. The zero-order chi connectivity index (χ0) is 37.3. The largest absolute Gasteiger partial charge is 0.208 e. The van der Waals surface area contributed by atoms with Crippen LogP contribution in [-0.2, 0) is 0 Å². The number of fused-ring (bicyclic) bond motifs is 2. The third-order valence-corrected chi connectivity index (χ3v) is 10.5. The van der Waals surface area contributed by atoms with E-state index in [0.29, 0.717) is 17.5 Å². The molecule has 0 saturated heterocycles. The minimum absolute atomic E-state index is 0.623. The van der Waals surface area contributed by atoms with E-state index in [1.54, 1.807) is 0 Å². The summed E-state index contributed by atoms with van der Waals surface area (Å²) in [5.74, 6) is 1.87. The maximum atomic E-state index is 5.27. The molecule has 0 aliphatic carbocycles. The topological polar surface area (TPSA) is 38.7 Å². The molecule has 10 aromatic rings. The van der Waals surface area contributed by atoms with Gasteiger partial charge >= 0.3 is 0 Å². The van der Waals surface area contributed by atoms with Crippen molar-refractivity contribution in [1.29, 1.82) is 0 Å². The molecule has 0 amide bonds. The predicted molar refractivity (Wildman–Crippen MR) is 233 cm³/mol. The molecule has 56 heavy (non-hydrogen) atoms. The Bertz CT molecular complexity index is 2990. The minimum Gasteiger partial charge on any atom is -0.208 e. The van der Waals surface area contributed by atoms with E-state index in [4.69, 9.17) is 15.0 Å². The second kappa shape index (κ2) is 14.4. The quantitative estimate of drug-likeness (QED) is 0.165. The third kappa shape index (κ3) is 6.31. The van der Waals surface area contributed by atoms with Gasteiger partial charge in [0.15, 0.2) is 17.5 Å². The van der Waals surface area contributed by atoms with Crippen molar-refractivity contribution in [2.75, 3.05) is 0 Å². The van der Waals surface area contributed by atoms with E-state index >= 15 is 0 Å². The lowest BCUT2D eigenvalue weighted by molar-refractivity contribution is 1.07. The van der Waals surface area contributed by atoms with Gasteiger partial charge in [-0.3, -0.25) is 0 Å². The molecule has 0 radical (unpaired) electrons. The molecule has 0 aliphatic rings. The molecular formula is C53H35N3. The lowest BCUT2D eigenvalue weighted by Gasteiger charge is -2.16. The number of nitrogens with zero attached hydrogens (tertiary/aromatic N) is 3. The van der Waals surface area contributed by atoms with Crippen molar-refractivity contribution in [3.05, 3.63) is 212 Å². The summed E-state index contributed by atoms with van der Waals surface area (Å²) in [6, 6.07) is 74.7. The van der Waals surface area contributed by atoms with Crippen LogP contribution in [0.15, 0.2) is 212 Å². The van der Waals surface area contributed by atoms with E-state index in [1.165, 1.54) is 27.5 Å². The molecule has 1 heterocycles. The first-order chi connectivity index (χ1) is 27.7. The van der Waals surface area contributed by atoms with Crippen LogP contribution in [0.2, 0.25) is 0 Å². The van der Waals surface area contributed by atoms with Crippen molar-refractivity contribution in [3.8, 4) is 78.7 Å². The lowest BCUT2D eigenvalue weighted by atomic mass is 9.90. The summed E-state index contributed by atoms with van der Waals surface area (Å²) in [4.78, 5) is 15.7. The Morgan fingerprint density at radius 3 is 1.43 bits per heavy atom. The van der Waals surface area contributed by atoms with E-state index < -0.39 is 0 Å². The van der Waals surface area contributed by atoms with E-state index in [9.17, 15) is 0 Å². The molecule has 0 atom stereocenters. The van der Waals surface area contributed by atoms with Gasteiger partial charge in [-0.2, -0.15) is 0 Å².